The van der Waals surface area contributed by atoms with E-state index in [-0.39, 0.29) is 0 Å². The van der Waals surface area contributed by atoms with E-state index in [0.29, 0.717) is 5.54 Å². The lowest BCUT2D eigenvalue weighted by Crippen LogP contribution is -2.58. The van der Waals surface area contributed by atoms with Crippen molar-refractivity contribution in [2.24, 2.45) is 0 Å². The molecule has 2 rings (SSSR count). The summed E-state index contributed by atoms with van der Waals surface area (Å²) in [7, 11) is 0. The zero-order valence-electron chi connectivity index (χ0n) is 8.97. The minimum Gasteiger partial charge on any atom is -0.310 e. The van der Waals surface area contributed by atoms with Gasteiger partial charge in [-0.3, -0.25) is 4.90 Å². The average Bonchev–Trinajstić information content (AvgIpc) is 2.14. The van der Waals surface area contributed by atoms with E-state index < -0.39 is 0 Å². The molecule has 2 heterocycles. The second-order valence-corrected chi connectivity index (χ2v) is 5.05. The Morgan fingerprint density at radius 2 is 2.31 bits per heavy atom. The van der Waals surface area contributed by atoms with Gasteiger partial charge in [0, 0.05) is 18.1 Å². The van der Waals surface area contributed by atoms with Crippen LogP contribution >= 0.6 is 0 Å². The average molecular weight is 182 g/mol. The largest absolute Gasteiger partial charge is 0.310 e. The van der Waals surface area contributed by atoms with E-state index in [9.17, 15) is 0 Å². The van der Waals surface area contributed by atoms with Crippen LogP contribution in [-0.4, -0.2) is 36.1 Å². The molecule has 1 N–H and O–H groups in total. The lowest BCUT2D eigenvalue weighted by Gasteiger charge is -2.46. The van der Waals surface area contributed by atoms with Crippen molar-refractivity contribution in [1.29, 1.82) is 0 Å². The number of piperidine rings is 1. The lowest BCUT2D eigenvalue weighted by molar-refractivity contribution is 0.0593. The number of nitrogens with zero attached hydrogens (tertiary/aromatic N) is 1. The molecule has 2 aliphatic rings. The Morgan fingerprint density at radius 1 is 1.46 bits per heavy atom. The minimum absolute atomic E-state index is 0.410. The Labute approximate surface area is 81.7 Å². The van der Waals surface area contributed by atoms with Crippen molar-refractivity contribution >= 4 is 0 Å². The molecule has 2 nitrogen and oxygen atoms in total. The molecule has 0 aliphatic carbocycles. The molecule has 0 amide bonds. The maximum atomic E-state index is 3.67. The van der Waals surface area contributed by atoms with E-state index >= 15 is 0 Å². The third-order valence-corrected chi connectivity index (χ3v) is 3.72. The van der Waals surface area contributed by atoms with Crippen LogP contribution in [0.5, 0.6) is 0 Å². The van der Waals surface area contributed by atoms with Gasteiger partial charge in [0.25, 0.3) is 0 Å². The van der Waals surface area contributed by atoms with Crippen LogP contribution in [0.3, 0.4) is 0 Å². The summed E-state index contributed by atoms with van der Waals surface area (Å²) in [4.78, 5) is 2.61. The van der Waals surface area contributed by atoms with Crippen molar-refractivity contribution in [1.82, 2.24) is 10.2 Å². The molecule has 2 fully saturated rings. The van der Waals surface area contributed by atoms with Gasteiger partial charge in [0.1, 0.15) is 0 Å². The van der Waals surface area contributed by atoms with Gasteiger partial charge in [-0.15, -0.1) is 0 Å². The van der Waals surface area contributed by atoms with Gasteiger partial charge in [0.05, 0.1) is 0 Å². The SMILES string of the molecule is CC1CCN1CC1(C)CCCCN1. The van der Waals surface area contributed by atoms with Gasteiger partial charge in [-0.25, -0.2) is 0 Å². The highest BCUT2D eigenvalue weighted by molar-refractivity contribution is 4.93. The number of likely N-dealkylation sites (tertiary alicyclic amines) is 1. The molecule has 76 valence electrons. The van der Waals surface area contributed by atoms with Crippen LogP contribution in [0, 0.1) is 0 Å². The Hall–Kier alpha value is -0.0800. The zero-order chi connectivity index (χ0) is 9.31. The summed E-state index contributed by atoms with van der Waals surface area (Å²) in [6, 6.07) is 0.834. The Balaban J connectivity index is 1.84. The number of hydrogen-bond donors (Lipinski definition) is 1. The van der Waals surface area contributed by atoms with E-state index in [1.54, 1.807) is 0 Å². The normalized spacial score (nSPS) is 41.5. The first-order chi connectivity index (χ1) is 6.20. The molecule has 0 aromatic carbocycles. The van der Waals surface area contributed by atoms with Gasteiger partial charge >= 0.3 is 0 Å². The number of hydrogen-bond acceptors (Lipinski definition) is 2. The zero-order valence-corrected chi connectivity index (χ0v) is 8.97. The molecular formula is C11H22N2. The van der Waals surface area contributed by atoms with E-state index in [2.05, 4.69) is 24.1 Å². The Bertz CT molecular complexity index is 173. The van der Waals surface area contributed by atoms with Crippen LogP contribution in [0.1, 0.15) is 39.5 Å². The third-order valence-electron chi connectivity index (χ3n) is 3.72. The van der Waals surface area contributed by atoms with Crippen LogP contribution in [0.15, 0.2) is 0 Å². The molecule has 2 atom stereocenters. The second kappa shape index (κ2) is 3.58. The first kappa shape index (κ1) is 9.47. The first-order valence-electron chi connectivity index (χ1n) is 5.69. The molecule has 0 spiro atoms. The third kappa shape index (κ3) is 2.05. The fourth-order valence-electron chi connectivity index (χ4n) is 2.51. The van der Waals surface area contributed by atoms with E-state index in [1.165, 1.54) is 45.3 Å². The van der Waals surface area contributed by atoms with E-state index in [4.69, 9.17) is 0 Å². The predicted octanol–water partition coefficient (Wildman–Crippen LogP) is 1.61. The molecule has 0 saturated carbocycles. The maximum absolute atomic E-state index is 3.67. The molecular weight excluding hydrogens is 160 g/mol. The Morgan fingerprint density at radius 3 is 2.77 bits per heavy atom. The maximum Gasteiger partial charge on any atom is 0.0280 e. The highest BCUT2D eigenvalue weighted by atomic mass is 15.2. The molecule has 0 aromatic rings. The molecule has 2 aliphatic heterocycles. The quantitative estimate of drug-likeness (QED) is 0.698. The number of rotatable bonds is 2. The van der Waals surface area contributed by atoms with Gasteiger partial charge < -0.3 is 5.32 Å². The summed E-state index contributed by atoms with van der Waals surface area (Å²) in [5.74, 6) is 0. The standard InChI is InChI=1S/C11H22N2/c1-10-5-8-13(10)9-11(2)6-3-4-7-12-11/h10,12H,3-9H2,1-2H3. The molecule has 13 heavy (non-hydrogen) atoms. The van der Waals surface area contributed by atoms with E-state index in [1.807, 2.05) is 0 Å². The topological polar surface area (TPSA) is 15.3 Å². The van der Waals surface area contributed by atoms with Crippen LogP contribution < -0.4 is 5.32 Å². The van der Waals surface area contributed by atoms with Gasteiger partial charge in [-0.2, -0.15) is 0 Å². The Kier molecular flexibility index (Phi) is 2.61. The van der Waals surface area contributed by atoms with Crippen molar-refractivity contribution in [2.75, 3.05) is 19.6 Å². The molecule has 0 radical (unpaired) electrons. The van der Waals surface area contributed by atoms with E-state index in [0.717, 1.165) is 6.04 Å². The lowest BCUT2D eigenvalue weighted by atomic mass is 9.88. The van der Waals surface area contributed by atoms with Gasteiger partial charge in [-0.1, -0.05) is 6.42 Å². The highest BCUT2D eigenvalue weighted by Crippen LogP contribution is 2.25. The number of nitrogens with one attached hydrogen (secondary N) is 1. The molecule has 0 aromatic heterocycles. The first-order valence-corrected chi connectivity index (χ1v) is 5.69. The van der Waals surface area contributed by atoms with Crippen molar-refractivity contribution in [3.8, 4) is 0 Å². The summed E-state index contributed by atoms with van der Waals surface area (Å²) < 4.78 is 0. The van der Waals surface area contributed by atoms with Crippen LogP contribution in [0.25, 0.3) is 0 Å². The van der Waals surface area contributed by atoms with Gasteiger partial charge in [0.15, 0.2) is 0 Å². The van der Waals surface area contributed by atoms with Crippen molar-refractivity contribution in [2.45, 2.75) is 51.1 Å². The van der Waals surface area contributed by atoms with Crippen LogP contribution in [0.4, 0.5) is 0 Å². The van der Waals surface area contributed by atoms with Crippen molar-refractivity contribution in [3.05, 3.63) is 0 Å². The highest BCUT2D eigenvalue weighted by Gasteiger charge is 2.33. The predicted molar refractivity (Wildman–Crippen MR) is 55.9 cm³/mol. The van der Waals surface area contributed by atoms with Crippen LogP contribution in [-0.2, 0) is 0 Å². The van der Waals surface area contributed by atoms with Gasteiger partial charge in [0.2, 0.25) is 0 Å². The summed E-state index contributed by atoms with van der Waals surface area (Å²) in [5.41, 5.74) is 0.410. The fourth-order valence-corrected chi connectivity index (χ4v) is 2.51. The molecule has 2 unspecified atom stereocenters. The molecule has 0 bridgehead atoms. The summed E-state index contributed by atoms with van der Waals surface area (Å²) in [6.07, 6.45) is 5.53. The molecule has 2 heteroatoms. The second-order valence-electron chi connectivity index (χ2n) is 5.05. The minimum atomic E-state index is 0.410. The monoisotopic (exact) mass is 182 g/mol. The summed E-state index contributed by atoms with van der Waals surface area (Å²) >= 11 is 0. The van der Waals surface area contributed by atoms with Crippen LogP contribution in [0.2, 0.25) is 0 Å². The summed E-state index contributed by atoms with van der Waals surface area (Å²) in [6.45, 7) is 8.53. The summed E-state index contributed by atoms with van der Waals surface area (Å²) in [5, 5.41) is 3.67. The van der Waals surface area contributed by atoms with Crippen molar-refractivity contribution in [3.63, 3.8) is 0 Å². The van der Waals surface area contributed by atoms with Gasteiger partial charge in [-0.05, 0) is 46.2 Å². The molecule has 2 saturated heterocycles. The van der Waals surface area contributed by atoms with Crippen molar-refractivity contribution < 1.29 is 0 Å². The fraction of sp³-hybridized carbons (Fsp3) is 1.00. The smallest absolute Gasteiger partial charge is 0.0280 e.